The highest BCUT2D eigenvalue weighted by Crippen LogP contribution is 2.51. The standard InChI is InChI=1S/C46H51N2/c1-9-47-38-27-25-34-19-11-13-21-36(34)42(38)45(5,6)40(47)23-15-17-32-29-33(31-44(3,4)30-32)18-16-24-41-46(7,8)43-37-22-14-12-20-35(37)26-28-39(43)48(41)10-2/h11-29H,9-10,30-31H2,1-8H3/q+1. The molecule has 1 aliphatic carbocycles. The molecule has 4 aromatic rings. The number of fused-ring (bicyclic) bond motifs is 6. The maximum atomic E-state index is 2.50. The van der Waals surface area contributed by atoms with Gasteiger partial charge in [-0.2, -0.15) is 4.58 Å². The Hall–Kier alpha value is -4.43. The van der Waals surface area contributed by atoms with Gasteiger partial charge in [-0.05, 0) is 102 Å². The van der Waals surface area contributed by atoms with Gasteiger partial charge in [0.05, 0.1) is 5.41 Å². The molecule has 2 nitrogen and oxygen atoms in total. The van der Waals surface area contributed by atoms with Gasteiger partial charge in [-0.3, -0.25) is 0 Å². The van der Waals surface area contributed by atoms with Crippen molar-refractivity contribution in [2.45, 2.75) is 79.1 Å². The molecule has 0 bridgehead atoms. The number of anilines is 1. The van der Waals surface area contributed by atoms with Crippen LogP contribution >= 0.6 is 0 Å². The van der Waals surface area contributed by atoms with Crippen LogP contribution in [-0.4, -0.2) is 23.4 Å². The van der Waals surface area contributed by atoms with Crippen LogP contribution in [0.25, 0.3) is 21.5 Å². The normalized spacial score (nSPS) is 21.3. The van der Waals surface area contributed by atoms with Crippen LogP contribution < -0.4 is 4.90 Å². The van der Waals surface area contributed by atoms with Gasteiger partial charge in [0.25, 0.3) is 0 Å². The van der Waals surface area contributed by atoms with Crippen LogP contribution in [0.3, 0.4) is 0 Å². The summed E-state index contributed by atoms with van der Waals surface area (Å²) < 4.78 is 2.50. The minimum absolute atomic E-state index is 0.0728. The van der Waals surface area contributed by atoms with Crippen LogP contribution in [0.15, 0.2) is 132 Å². The second-order valence-corrected chi connectivity index (χ2v) is 15.7. The van der Waals surface area contributed by atoms with Crippen LogP contribution in [0.2, 0.25) is 0 Å². The van der Waals surface area contributed by atoms with Crippen molar-refractivity contribution in [2.24, 2.45) is 5.41 Å². The minimum Gasteiger partial charge on any atom is -0.344 e. The van der Waals surface area contributed by atoms with Crippen LogP contribution in [0.1, 0.15) is 79.4 Å². The van der Waals surface area contributed by atoms with Gasteiger partial charge in [0.2, 0.25) is 5.69 Å². The van der Waals surface area contributed by atoms with Crippen molar-refractivity contribution in [3.8, 4) is 0 Å². The fourth-order valence-corrected chi connectivity index (χ4v) is 9.00. The highest BCUT2D eigenvalue weighted by Gasteiger charge is 2.45. The lowest BCUT2D eigenvalue weighted by Crippen LogP contribution is -2.27. The van der Waals surface area contributed by atoms with Crippen molar-refractivity contribution in [2.75, 3.05) is 18.0 Å². The van der Waals surface area contributed by atoms with Crippen molar-refractivity contribution in [3.63, 3.8) is 0 Å². The molecule has 4 aromatic carbocycles. The zero-order valence-electron chi connectivity index (χ0n) is 30.2. The molecule has 2 heteroatoms. The molecule has 7 rings (SSSR count). The number of nitrogens with zero attached hydrogens (tertiary/aromatic N) is 2. The highest BCUT2D eigenvalue weighted by molar-refractivity contribution is 6.07. The van der Waals surface area contributed by atoms with Crippen molar-refractivity contribution >= 4 is 38.6 Å². The van der Waals surface area contributed by atoms with Gasteiger partial charge in [0, 0.05) is 41.1 Å². The van der Waals surface area contributed by atoms with Gasteiger partial charge >= 0.3 is 0 Å². The van der Waals surface area contributed by atoms with Crippen molar-refractivity contribution in [1.29, 1.82) is 0 Å². The molecule has 0 radical (unpaired) electrons. The number of likely N-dealkylation sites (N-methyl/N-ethyl adjacent to an activating group) is 1. The fourth-order valence-electron chi connectivity index (χ4n) is 9.00. The molecule has 0 amide bonds. The van der Waals surface area contributed by atoms with E-state index >= 15 is 0 Å². The zero-order chi connectivity index (χ0) is 33.8. The first kappa shape index (κ1) is 32.1. The summed E-state index contributed by atoms with van der Waals surface area (Å²) in [6.45, 7) is 20.8. The lowest BCUT2D eigenvalue weighted by atomic mass is 9.75. The largest absolute Gasteiger partial charge is 0.344 e. The van der Waals surface area contributed by atoms with E-state index in [1.54, 1.807) is 0 Å². The predicted molar refractivity (Wildman–Crippen MR) is 208 cm³/mol. The van der Waals surface area contributed by atoms with E-state index in [-0.39, 0.29) is 16.2 Å². The van der Waals surface area contributed by atoms with Gasteiger partial charge in [-0.1, -0.05) is 113 Å². The van der Waals surface area contributed by atoms with Gasteiger partial charge in [-0.15, -0.1) is 0 Å². The molecule has 0 saturated heterocycles. The molecule has 3 aliphatic rings. The van der Waals surface area contributed by atoms with E-state index in [0.29, 0.717) is 0 Å². The summed E-state index contributed by atoms with van der Waals surface area (Å²) in [5.41, 5.74) is 11.2. The summed E-state index contributed by atoms with van der Waals surface area (Å²) in [6.07, 6.45) is 18.6. The Morgan fingerprint density at radius 1 is 0.688 bits per heavy atom. The van der Waals surface area contributed by atoms with Gasteiger partial charge < -0.3 is 4.90 Å². The highest BCUT2D eigenvalue weighted by atomic mass is 15.2. The molecular weight excluding hydrogens is 581 g/mol. The lowest BCUT2D eigenvalue weighted by molar-refractivity contribution is -0.433. The SMILES string of the molecule is CCN1/C(=C/C=C/C2=CC(=C/C=C/C3=[N+](CC)c4ccc5ccccc5c4C3(C)C)/CC(C)(C)C2)C(C)(C)c2c1ccc1ccccc21. The molecule has 0 N–H and O–H groups in total. The molecule has 2 aliphatic heterocycles. The Morgan fingerprint density at radius 3 is 2.02 bits per heavy atom. The number of allylic oxidation sites excluding steroid dienone is 10. The number of hydrogen-bond acceptors (Lipinski definition) is 1. The van der Waals surface area contributed by atoms with E-state index in [9.17, 15) is 0 Å². The summed E-state index contributed by atoms with van der Waals surface area (Å²) in [5.74, 6) is 0. The Kier molecular flexibility index (Phi) is 7.98. The predicted octanol–water partition coefficient (Wildman–Crippen LogP) is 11.9. The third kappa shape index (κ3) is 5.30. The van der Waals surface area contributed by atoms with Crippen LogP contribution in [-0.2, 0) is 10.8 Å². The second-order valence-electron chi connectivity index (χ2n) is 15.7. The fraction of sp³-hybridized carbons (Fsp3) is 0.326. The van der Waals surface area contributed by atoms with E-state index in [1.165, 1.54) is 66.6 Å². The monoisotopic (exact) mass is 631 g/mol. The molecule has 0 saturated carbocycles. The zero-order valence-corrected chi connectivity index (χ0v) is 30.2. The van der Waals surface area contributed by atoms with Crippen molar-refractivity contribution < 1.29 is 4.58 Å². The van der Waals surface area contributed by atoms with Crippen LogP contribution in [0.4, 0.5) is 11.4 Å². The summed E-state index contributed by atoms with van der Waals surface area (Å²) >= 11 is 0. The molecular formula is C46H51N2+. The average molecular weight is 632 g/mol. The lowest BCUT2D eigenvalue weighted by Gasteiger charge is -2.30. The first-order valence-corrected chi connectivity index (χ1v) is 17.9. The van der Waals surface area contributed by atoms with Gasteiger partial charge in [0.15, 0.2) is 5.71 Å². The maximum Gasteiger partial charge on any atom is 0.210 e. The topological polar surface area (TPSA) is 6.25 Å². The van der Waals surface area contributed by atoms with Crippen molar-refractivity contribution in [3.05, 3.63) is 143 Å². The third-order valence-electron chi connectivity index (χ3n) is 11.0. The minimum atomic E-state index is -0.0728. The van der Waals surface area contributed by atoms with Crippen molar-refractivity contribution in [1.82, 2.24) is 0 Å². The number of benzene rings is 4. The summed E-state index contributed by atoms with van der Waals surface area (Å²) in [6, 6.07) is 26.8. The molecule has 0 aromatic heterocycles. The van der Waals surface area contributed by atoms with E-state index < -0.39 is 0 Å². The second kappa shape index (κ2) is 11.9. The molecule has 0 unspecified atom stereocenters. The van der Waals surface area contributed by atoms with Gasteiger partial charge in [0.1, 0.15) is 6.54 Å². The van der Waals surface area contributed by atoms with E-state index in [4.69, 9.17) is 0 Å². The third-order valence-corrected chi connectivity index (χ3v) is 11.0. The first-order valence-electron chi connectivity index (χ1n) is 17.9. The van der Waals surface area contributed by atoms with Crippen LogP contribution in [0, 0.1) is 5.41 Å². The average Bonchev–Trinajstić information content (AvgIpc) is 3.42. The molecule has 2 heterocycles. The molecule has 0 atom stereocenters. The van der Waals surface area contributed by atoms with Gasteiger partial charge in [-0.25, -0.2) is 0 Å². The number of hydrogen-bond donors (Lipinski definition) is 0. The smallest absolute Gasteiger partial charge is 0.210 e. The number of rotatable bonds is 6. The first-order chi connectivity index (χ1) is 23.0. The quantitative estimate of drug-likeness (QED) is 0.192. The van der Waals surface area contributed by atoms with E-state index in [0.717, 1.165) is 25.9 Å². The molecule has 0 fully saturated rings. The van der Waals surface area contributed by atoms with E-state index in [1.807, 2.05) is 0 Å². The Labute approximate surface area is 288 Å². The molecule has 244 valence electrons. The van der Waals surface area contributed by atoms with Crippen LogP contribution in [0.5, 0.6) is 0 Å². The Bertz CT molecular complexity index is 2120. The molecule has 48 heavy (non-hydrogen) atoms. The summed E-state index contributed by atoms with van der Waals surface area (Å²) in [4.78, 5) is 2.50. The Balaban J connectivity index is 1.18. The Morgan fingerprint density at radius 2 is 1.33 bits per heavy atom. The maximum absolute atomic E-state index is 2.50. The summed E-state index contributed by atoms with van der Waals surface area (Å²) in [7, 11) is 0. The van der Waals surface area contributed by atoms with E-state index in [2.05, 4.69) is 180 Å². The molecule has 0 spiro atoms. The summed E-state index contributed by atoms with van der Waals surface area (Å²) in [5, 5.41) is 5.36.